The van der Waals surface area contributed by atoms with Crippen molar-refractivity contribution >= 4 is 17.7 Å². The van der Waals surface area contributed by atoms with Crippen LogP contribution in [0.2, 0.25) is 0 Å². The van der Waals surface area contributed by atoms with Gasteiger partial charge in [-0.3, -0.25) is 4.79 Å². The Balaban J connectivity index is 1.86. The lowest BCUT2D eigenvalue weighted by atomic mass is 9.97. The molecule has 5 atom stereocenters. The molecule has 1 aliphatic rings. The molecule has 2 aromatic rings. The average Bonchev–Trinajstić information content (AvgIpc) is 2.86. The van der Waals surface area contributed by atoms with E-state index < -0.39 is 35.8 Å². The number of methoxy groups -OCH3 is 1. The van der Waals surface area contributed by atoms with Crippen molar-refractivity contribution < 1.29 is 28.5 Å². The minimum Gasteiger partial charge on any atom is -0.497 e. The van der Waals surface area contributed by atoms with E-state index in [1.165, 1.54) is 18.7 Å². The summed E-state index contributed by atoms with van der Waals surface area (Å²) in [6.45, 7) is 1.89. The van der Waals surface area contributed by atoms with E-state index in [9.17, 15) is 10.3 Å². The van der Waals surface area contributed by atoms with E-state index in [1.807, 2.05) is 60.9 Å². The number of azide groups is 1. The number of benzene rings is 2. The maximum absolute atomic E-state index is 11.5. The van der Waals surface area contributed by atoms with Gasteiger partial charge in [-0.25, -0.2) is 0 Å². The van der Waals surface area contributed by atoms with Gasteiger partial charge in [0, 0.05) is 11.8 Å². The third kappa shape index (κ3) is 7.12. The molecule has 0 unspecified atom stereocenters. The first-order chi connectivity index (χ1) is 16.5. The van der Waals surface area contributed by atoms with Gasteiger partial charge in [-0.15, -0.1) is 11.8 Å². The molecule has 182 valence electrons. The molecule has 0 spiro atoms. The zero-order valence-electron chi connectivity index (χ0n) is 19.4. The maximum atomic E-state index is 11.5. The van der Waals surface area contributed by atoms with Crippen molar-refractivity contribution in [2.45, 2.75) is 49.9 Å². The van der Waals surface area contributed by atoms with E-state index >= 15 is 0 Å². The van der Waals surface area contributed by atoms with Gasteiger partial charge in [0.2, 0.25) is 0 Å². The second-order valence-electron chi connectivity index (χ2n) is 7.66. The van der Waals surface area contributed by atoms with Crippen LogP contribution in [-0.4, -0.2) is 55.7 Å². The summed E-state index contributed by atoms with van der Waals surface area (Å²) >= 11 is 1.40. The number of rotatable bonds is 11. The highest BCUT2D eigenvalue weighted by Gasteiger charge is 2.47. The van der Waals surface area contributed by atoms with Crippen LogP contribution in [0.1, 0.15) is 18.1 Å². The lowest BCUT2D eigenvalue weighted by Crippen LogP contribution is -2.59. The molecule has 9 nitrogen and oxygen atoms in total. The number of hydrogen-bond donors (Lipinski definition) is 0. The molecule has 0 aromatic heterocycles. The number of thioether (sulfide) groups is 1. The summed E-state index contributed by atoms with van der Waals surface area (Å²) in [5.74, 6) is 0.324. The molecule has 0 amide bonds. The van der Waals surface area contributed by atoms with Crippen LogP contribution in [0.4, 0.5) is 0 Å². The van der Waals surface area contributed by atoms with Crippen molar-refractivity contribution in [3.8, 4) is 5.75 Å². The first-order valence-corrected chi connectivity index (χ1v) is 12.1. The van der Waals surface area contributed by atoms with Crippen LogP contribution in [0.25, 0.3) is 10.4 Å². The molecule has 34 heavy (non-hydrogen) atoms. The minimum atomic E-state index is -0.649. The highest BCUT2D eigenvalue weighted by molar-refractivity contribution is 7.99. The number of nitrogens with zero attached hydrogens (tertiary/aromatic N) is 3. The standard InChI is InChI=1S/C24H29N3O6S/c1-16(28)30-15-20-22(31-14-18-9-11-19(29-2)12-10-18)23(21(26-27-25)24(33-20)34-3)32-13-17-7-5-4-6-8-17/h4-12,20-24H,13-15H2,1-3H3/t20-,21-,22-,23-,24+/m1/s1. The molecule has 0 N–H and O–H groups in total. The summed E-state index contributed by atoms with van der Waals surface area (Å²) in [6, 6.07) is 16.6. The van der Waals surface area contributed by atoms with Gasteiger partial charge in [0.25, 0.3) is 0 Å². The number of esters is 1. The van der Waals surface area contributed by atoms with Crippen molar-refractivity contribution in [3.05, 3.63) is 76.2 Å². The molecular formula is C24H29N3O6S. The van der Waals surface area contributed by atoms with Crippen LogP contribution in [0.15, 0.2) is 59.7 Å². The Kier molecular flexibility index (Phi) is 10.1. The largest absolute Gasteiger partial charge is 0.497 e. The van der Waals surface area contributed by atoms with Gasteiger partial charge in [0.1, 0.15) is 36.0 Å². The van der Waals surface area contributed by atoms with Crippen LogP contribution >= 0.6 is 11.8 Å². The zero-order valence-corrected chi connectivity index (χ0v) is 20.2. The first-order valence-electron chi connectivity index (χ1n) is 10.8. The van der Waals surface area contributed by atoms with Crippen molar-refractivity contribution in [3.63, 3.8) is 0 Å². The highest BCUT2D eigenvalue weighted by Crippen LogP contribution is 2.34. The molecule has 0 radical (unpaired) electrons. The summed E-state index contributed by atoms with van der Waals surface area (Å²) in [5, 5.41) is 3.99. The fourth-order valence-electron chi connectivity index (χ4n) is 3.68. The van der Waals surface area contributed by atoms with Crippen LogP contribution in [0.3, 0.4) is 0 Å². The van der Waals surface area contributed by atoms with Crippen LogP contribution in [0, 0.1) is 0 Å². The second kappa shape index (κ2) is 13.2. The van der Waals surface area contributed by atoms with E-state index in [4.69, 9.17) is 23.7 Å². The summed E-state index contributed by atoms with van der Waals surface area (Å²) in [7, 11) is 1.61. The SMILES string of the molecule is COc1ccc(CO[C@H]2[C@H](OCc3ccccc3)[C@@H](N=[N+]=[N-])[C@H](SC)O[C@@H]2COC(C)=O)cc1. The number of carbonyl (C=O) groups excluding carboxylic acids is 1. The molecule has 1 heterocycles. The van der Waals surface area contributed by atoms with Crippen molar-refractivity contribution in [2.24, 2.45) is 5.11 Å². The Morgan fingerprint density at radius 2 is 1.71 bits per heavy atom. The fraction of sp³-hybridized carbons (Fsp3) is 0.458. The molecule has 1 saturated heterocycles. The van der Waals surface area contributed by atoms with Crippen molar-refractivity contribution in [1.82, 2.24) is 0 Å². The van der Waals surface area contributed by atoms with Crippen LogP contribution in [-0.2, 0) is 37.0 Å². The lowest BCUT2D eigenvalue weighted by Gasteiger charge is -2.44. The van der Waals surface area contributed by atoms with Gasteiger partial charge in [-0.05, 0) is 35.0 Å². The van der Waals surface area contributed by atoms with E-state index in [0.29, 0.717) is 6.61 Å². The van der Waals surface area contributed by atoms with E-state index in [0.717, 1.165) is 16.9 Å². The quantitative estimate of drug-likeness (QED) is 0.199. The number of hydrogen-bond acceptors (Lipinski definition) is 8. The maximum Gasteiger partial charge on any atom is 0.302 e. The molecule has 10 heteroatoms. The molecule has 1 fully saturated rings. The number of ether oxygens (including phenoxy) is 5. The van der Waals surface area contributed by atoms with Crippen LogP contribution in [0.5, 0.6) is 5.75 Å². The second-order valence-corrected chi connectivity index (χ2v) is 8.60. The topological polar surface area (TPSA) is 112 Å². The van der Waals surface area contributed by atoms with Gasteiger partial charge >= 0.3 is 5.97 Å². The number of carbonyl (C=O) groups is 1. The van der Waals surface area contributed by atoms with Gasteiger partial charge < -0.3 is 23.7 Å². The molecule has 3 rings (SSSR count). The Morgan fingerprint density at radius 1 is 1.06 bits per heavy atom. The van der Waals surface area contributed by atoms with Crippen LogP contribution < -0.4 is 4.74 Å². The van der Waals surface area contributed by atoms with Crippen molar-refractivity contribution in [1.29, 1.82) is 0 Å². The summed E-state index contributed by atoms with van der Waals surface area (Å²) in [5.41, 5.74) is 10.6. The van der Waals surface area contributed by atoms with Crippen molar-refractivity contribution in [2.75, 3.05) is 20.0 Å². The van der Waals surface area contributed by atoms with E-state index in [-0.39, 0.29) is 13.2 Å². The summed E-state index contributed by atoms with van der Waals surface area (Å²) in [4.78, 5) is 14.5. The predicted molar refractivity (Wildman–Crippen MR) is 128 cm³/mol. The average molecular weight is 488 g/mol. The molecular weight excluding hydrogens is 458 g/mol. The molecule has 0 saturated carbocycles. The smallest absolute Gasteiger partial charge is 0.302 e. The summed E-state index contributed by atoms with van der Waals surface area (Å²) in [6.07, 6.45) is -0.0176. The molecule has 1 aliphatic heterocycles. The normalized spacial score (nSPS) is 24.1. The minimum absolute atomic E-state index is 0.00609. The van der Waals surface area contributed by atoms with Gasteiger partial charge in [0.15, 0.2) is 0 Å². The monoisotopic (exact) mass is 487 g/mol. The highest BCUT2D eigenvalue weighted by atomic mass is 32.2. The Labute approximate surface area is 203 Å². The predicted octanol–water partition coefficient (Wildman–Crippen LogP) is 4.50. The molecule has 0 aliphatic carbocycles. The van der Waals surface area contributed by atoms with Gasteiger partial charge in [-0.1, -0.05) is 47.6 Å². The molecule has 0 bridgehead atoms. The third-order valence-corrected chi connectivity index (χ3v) is 6.22. The Morgan fingerprint density at radius 3 is 2.29 bits per heavy atom. The summed E-state index contributed by atoms with van der Waals surface area (Å²) < 4.78 is 29.2. The van der Waals surface area contributed by atoms with E-state index in [1.54, 1.807) is 7.11 Å². The fourth-order valence-corrected chi connectivity index (χ4v) is 4.42. The Bertz CT molecular complexity index is 955. The molecule has 2 aromatic carbocycles. The van der Waals surface area contributed by atoms with Gasteiger partial charge in [-0.2, -0.15) is 0 Å². The van der Waals surface area contributed by atoms with E-state index in [2.05, 4.69) is 10.0 Å². The third-order valence-electron chi connectivity index (χ3n) is 5.37. The first kappa shape index (κ1) is 25.9. The van der Waals surface area contributed by atoms with Gasteiger partial charge in [0.05, 0.1) is 26.4 Å². The lowest BCUT2D eigenvalue weighted by molar-refractivity contribution is -0.210. The zero-order chi connectivity index (χ0) is 24.3. The Hall–Kier alpha value is -2.75.